The van der Waals surface area contributed by atoms with Crippen molar-refractivity contribution in [1.29, 1.82) is 0 Å². The van der Waals surface area contributed by atoms with Crippen LogP contribution in [0.25, 0.3) is 33.3 Å². The molecular formula is C49H63N7O7. The number of methoxy groups -OCH3 is 1. The molecule has 4 aliphatic rings. The quantitative estimate of drug-likeness (QED) is 0.157. The van der Waals surface area contributed by atoms with E-state index in [2.05, 4.69) is 59.6 Å². The van der Waals surface area contributed by atoms with Crippen LogP contribution in [-0.2, 0) is 48.0 Å². The fourth-order valence-electron chi connectivity index (χ4n) is 10.2. The van der Waals surface area contributed by atoms with E-state index in [1.54, 1.807) is 37.4 Å². The van der Waals surface area contributed by atoms with Gasteiger partial charge in [-0.3, -0.25) is 29.2 Å². The Labute approximate surface area is 370 Å². The molecule has 6 bridgehead atoms. The van der Waals surface area contributed by atoms with Crippen LogP contribution in [0, 0.1) is 22.7 Å². The van der Waals surface area contributed by atoms with Crippen LogP contribution < -0.4 is 16.1 Å². The third-order valence-electron chi connectivity index (χ3n) is 13.8. The highest BCUT2D eigenvalue weighted by molar-refractivity contribution is 5.96. The van der Waals surface area contributed by atoms with E-state index in [0.717, 1.165) is 64.1 Å². The highest BCUT2D eigenvalue weighted by Crippen LogP contribution is 2.56. The monoisotopic (exact) mass is 861 g/mol. The summed E-state index contributed by atoms with van der Waals surface area (Å²) in [6.45, 7) is 14.8. The third-order valence-corrected chi connectivity index (χ3v) is 13.8. The van der Waals surface area contributed by atoms with Crippen molar-refractivity contribution in [2.24, 2.45) is 22.7 Å². The standard InChI is InChI=1S/C49H63N7O7/c1-9-55-40-15-14-31-22-35(40)36(43(55)34-12-10-16-51-41(34)29(4)62-8)23-48(5,6)27-63-47(61)38-13-11-17-56(53-38)46(60)39(20-30-18-32(31)21-33(57)19-30)52-44(58)42(28(2)3)54(7)45(59)37-24-49(37)25-50-26-49/h10,12,14-16,18-19,21-22,28-29,37-39,42,50,53,57H,9,11,13,17,20,23-27H2,1-8H3,(H,52,58)/t29-,37?,38-,39-,42?/m0/s1. The highest BCUT2D eigenvalue weighted by atomic mass is 16.5. The Morgan fingerprint density at radius 2 is 1.87 bits per heavy atom. The predicted octanol–water partition coefficient (Wildman–Crippen LogP) is 5.54. The summed E-state index contributed by atoms with van der Waals surface area (Å²) in [7, 11) is 3.36. The van der Waals surface area contributed by atoms with Gasteiger partial charge in [0.2, 0.25) is 11.8 Å². The number of cyclic esters (lactones) is 1. The summed E-state index contributed by atoms with van der Waals surface area (Å²) in [6.07, 6.45) is 3.92. The van der Waals surface area contributed by atoms with Gasteiger partial charge in [-0.05, 0) is 104 Å². The van der Waals surface area contributed by atoms with Crippen LogP contribution in [0.1, 0.15) is 83.7 Å². The molecule has 336 valence electrons. The molecule has 63 heavy (non-hydrogen) atoms. The van der Waals surface area contributed by atoms with Gasteiger partial charge in [0.1, 0.15) is 23.9 Å². The number of rotatable bonds is 9. The largest absolute Gasteiger partial charge is 0.508 e. The van der Waals surface area contributed by atoms with Crippen LogP contribution in [0.2, 0.25) is 0 Å². The number of aromatic nitrogens is 2. The number of nitrogens with zero attached hydrogens (tertiary/aromatic N) is 4. The second kappa shape index (κ2) is 17.3. The molecular weight excluding hydrogens is 799 g/mol. The predicted molar refractivity (Wildman–Crippen MR) is 240 cm³/mol. The molecule has 4 aromatic rings. The lowest BCUT2D eigenvalue weighted by molar-refractivity contribution is -0.155. The van der Waals surface area contributed by atoms with Crippen LogP contribution in [0.3, 0.4) is 0 Å². The van der Waals surface area contributed by atoms with E-state index in [-0.39, 0.29) is 48.0 Å². The van der Waals surface area contributed by atoms with Gasteiger partial charge in [-0.25, -0.2) is 5.43 Å². The number of hydrogen-bond acceptors (Lipinski definition) is 10. The van der Waals surface area contributed by atoms with Crippen molar-refractivity contribution in [3.8, 4) is 28.1 Å². The van der Waals surface area contributed by atoms with Gasteiger partial charge >= 0.3 is 5.97 Å². The average Bonchev–Trinajstić information content (AvgIpc) is 3.96. The smallest absolute Gasteiger partial charge is 0.324 e. The number of fused-ring (bicyclic) bond motifs is 6. The number of phenolic OH excluding ortho intramolecular Hbond substituents is 1. The Bertz CT molecular complexity index is 2420. The van der Waals surface area contributed by atoms with E-state index in [1.165, 1.54) is 5.01 Å². The summed E-state index contributed by atoms with van der Waals surface area (Å²) >= 11 is 0. The summed E-state index contributed by atoms with van der Waals surface area (Å²) in [4.78, 5) is 63.1. The number of phenols is 1. The molecule has 0 radical (unpaired) electrons. The molecule has 3 amide bonds. The van der Waals surface area contributed by atoms with Crippen LogP contribution in [0.4, 0.5) is 0 Å². The van der Waals surface area contributed by atoms with Gasteiger partial charge in [0.05, 0.1) is 24.1 Å². The zero-order valence-electron chi connectivity index (χ0n) is 37.9. The molecule has 1 saturated carbocycles. The molecule has 2 aromatic heterocycles. The van der Waals surface area contributed by atoms with Gasteiger partial charge in [-0.2, -0.15) is 0 Å². The van der Waals surface area contributed by atoms with E-state index < -0.39 is 41.3 Å². The first kappa shape index (κ1) is 44.3. The molecule has 5 atom stereocenters. The minimum atomic E-state index is -1.10. The lowest BCUT2D eigenvalue weighted by atomic mass is 9.84. The van der Waals surface area contributed by atoms with Gasteiger partial charge < -0.3 is 34.7 Å². The average molecular weight is 862 g/mol. The maximum Gasteiger partial charge on any atom is 0.324 e. The SMILES string of the molecule is CCn1c(-c2cccnc2[C@H](C)OC)c2c3cc(ccc31)-c1cc(O)cc(c1)C[C@H](NC(=O)C(C(C)C)N(C)C(=O)C1CC13CNC3)C(=O)N1CCC[C@H](N1)C(=O)OCC(C)(C)C2. The van der Waals surface area contributed by atoms with Crippen LogP contribution in [-0.4, -0.2) is 107 Å². The van der Waals surface area contributed by atoms with Crippen LogP contribution >= 0.6 is 0 Å². The minimum Gasteiger partial charge on any atom is -0.508 e. The van der Waals surface area contributed by atoms with Crippen LogP contribution in [0.5, 0.6) is 5.75 Å². The molecule has 2 saturated heterocycles. The number of nitrogens with one attached hydrogen (secondary N) is 3. The summed E-state index contributed by atoms with van der Waals surface area (Å²) < 4.78 is 14.2. The number of hydrogen-bond donors (Lipinski definition) is 4. The number of esters is 1. The first-order valence-electron chi connectivity index (χ1n) is 22.5. The number of amides is 3. The summed E-state index contributed by atoms with van der Waals surface area (Å²) in [5.41, 5.74) is 9.74. The molecule has 14 heteroatoms. The fraction of sp³-hybridized carbons (Fsp3) is 0.531. The Hall–Kier alpha value is -5.31. The molecule has 3 aliphatic heterocycles. The number of aryl methyl sites for hydroxylation is 1. The molecule has 4 N–H and O–H groups in total. The van der Waals surface area contributed by atoms with E-state index in [9.17, 15) is 24.3 Å². The Morgan fingerprint density at radius 1 is 1.10 bits per heavy atom. The zero-order chi connectivity index (χ0) is 45.0. The Balaban J connectivity index is 1.22. The first-order valence-corrected chi connectivity index (χ1v) is 22.5. The Morgan fingerprint density at radius 3 is 2.56 bits per heavy atom. The van der Waals surface area contributed by atoms with Crippen molar-refractivity contribution in [3.63, 3.8) is 0 Å². The summed E-state index contributed by atoms with van der Waals surface area (Å²) in [5, 5.41) is 20.1. The van der Waals surface area contributed by atoms with Crippen molar-refractivity contribution in [2.45, 2.75) is 104 Å². The molecule has 2 unspecified atom stereocenters. The molecule has 8 rings (SSSR count). The van der Waals surface area contributed by atoms with E-state index >= 15 is 0 Å². The second-order valence-electron chi connectivity index (χ2n) is 19.4. The summed E-state index contributed by atoms with van der Waals surface area (Å²) in [6, 6.07) is 12.9. The number of ether oxygens (including phenoxy) is 2. The maximum atomic E-state index is 14.7. The zero-order valence-corrected chi connectivity index (χ0v) is 37.9. The summed E-state index contributed by atoms with van der Waals surface area (Å²) in [5.74, 6) is -1.75. The molecule has 3 fully saturated rings. The van der Waals surface area contributed by atoms with E-state index in [4.69, 9.17) is 14.5 Å². The van der Waals surface area contributed by atoms with E-state index in [1.807, 2.05) is 39.0 Å². The number of aromatic hydroxyl groups is 1. The highest BCUT2D eigenvalue weighted by Gasteiger charge is 2.62. The van der Waals surface area contributed by atoms with Crippen molar-refractivity contribution >= 4 is 34.6 Å². The molecule has 14 nitrogen and oxygen atoms in total. The number of benzene rings is 2. The topological polar surface area (TPSA) is 167 Å². The van der Waals surface area contributed by atoms with Crippen LogP contribution in [0.15, 0.2) is 54.7 Å². The van der Waals surface area contributed by atoms with Gasteiger partial charge in [-0.1, -0.05) is 39.8 Å². The lowest BCUT2D eigenvalue weighted by Gasteiger charge is -2.37. The Kier molecular flexibility index (Phi) is 12.2. The molecule has 5 heterocycles. The fourth-order valence-corrected chi connectivity index (χ4v) is 10.2. The second-order valence-corrected chi connectivity index (χ2v) is 19.4. The first-order chi connectivity index (χ1) is 30.0. The number of likely N-dealkylation sites (N-methyl/N-ethyl adjacent to an activating group) is 1. The minimum absolute atomic E-state index is 0.0130. The molecule has 1 spiro atoms. The van der Waals surface area contributed by atoms with E-state index in [0.29, 0.717) is 37.9 Å². The maximum absolute atomic E-state index is 14.7. The normalized spacial score (nSPS) is 22.8. The van der Waals surface area contributed by atoms with Crippen molar-refractivity contribution < 1.29 is 33.8 Å². The number of hydrazine groups is 1. The number of pyridine rings is 1. The number of carbonyl (C=O) groups is 4. The number of carbonyl (C=O) groups excluding carboxylic acids is 4. The lowest BCUT2D eigenvalue weighted by Crippen LogP contribution is -2.62. The van der Waals surface area contributed by atoms with Crippen molar-refractivity contribution in [3.05, 3.63) is 71.5 Å². The van der Waals surface area contributed by atoms with Crippen molar-refractivity contribution in [2.75, 3.05) is 40.4 Å². The van der Waals surface area contributed by atoms with Gasteiger partial charge in [0.25, 0.3) is 5.91 Å². The van der Waals surface area contributed by atoms with Gasteiger partial charge in [-0.15, -0.1) is 0 Å². The van der Waals surface area contributed by atoms with Gasteiger partial charge in [0, 0.05) is 86.2 Å². The third kappa shape index (κ3) is 8.57. The molecule has 2 aromatic carbocycles. The van der Waals surface area contributed by atoms with Crippen molar-refractivity contribution in [1.82, 2.24) is 35.5 Å². The van der Waals surface area contributed by atoms with Gasteiger partial charge in [0.15, 0.2) is 0 Å². The molecule has 1 aliphatic carbocycles.